The van der Waals surface area contributed by atoms with Gasteiger partial charge in [-0.1, -0.05) is 48.9 Å². The average Bonchev–Trinajstić information content (AvgIpc) is 2.49. The summed E-state index contributed by atoms with van der Waals surface area (Å²) in [4.78, 5) is 2.63. The predicted molar refractivity (Wildman–Crippen MR) is 82.6 cm³/mol. The van der Waals surface area contributed by atoms with Crippen LogP contribution in [0, 0.1) is 0 Å². The molecular weight excluding hydrogens is 230 g/mol. The number of hydrogen-bond acceptors (Lipinski definition) is 1. The van der Waals surface area contributed by atoms with E-state index in [0.29, 0.717) is 0 Å². The highest BCUT2D eigenvalue weighted by Gasteiger charge is 2.09. The summed E-state index contributed by atoms with van der Waals surface area (Å²) in [5.74, 6) is 0. The Kier molecular flexibility index (Phi) is 4.14. The van der Waals surface area contributed by atoms with Gasteiger partial charge in [0, 0.05) is 0 Å². The zero-order valence-corrected chi connectivity index (χ0v) is 11.6. The first-order chi connectivity index (χ1) is 9.43. The Balaban J connectivity index is 1.62. The smallest absolute Gasteiger partial charge is 0.00156 e. The summed E-state index contributed by atoms with van der Waals surface area (Å²) in [5.41, 5.74) is 1.51. The molecule has 1 heterocycles. The third-order valence-electron chi connectivity index (χ3n) is 4.25. The van der Waals surface area contributed by atoms with E-state index in [4.69, 9.17) is 0 Å². The van der Waals surface area contributed by atoms with Crippen molar-refractivity contribution >= 4 is 10.8 Å². The van der Waals surface area contributed by atoms with E-state index < -0.39 is 0 Å². The molecule has 1 nitrogen and oxygen atoms in total. The van der Waals surface area contributed by atoms with Crippen molar-refractivity contribution in [3.05, 3.63) is 48.0 Å². The van der Waals surface area contributed by atoms with Gasteiger partial charge in [0.05, 0.1) is 0 Å². The summed E-state index contributed by atoms with van der Waals surface area (Å²) in [6.45, 7) is 3.90. The molecule has 1 saturated heterocycles. The number of nitrogens with zero attached hydrogens (tertiary/aromatic N) is 1. The Morgan fingerprint density at radius 2 is 1.63 bits per heavy atom. The van der Waals surface area contributed by atoms with E-state index in [-0.39, 0.29) is 0 Å². The highest BCUT2D eigenvalue weighted by atomic mass is 15.1. The fraction of sp³-hybridized carbons (Fsp3) is 0.444. The van der Waals surface area contributed by atoms with E-state index in [1.165, 1.54) is 68.1 Å². The van der Waals surface area contributed by atoms with Crippen molar-refractivity contribution in [1.29, 1.82) is 0 Å². The van der Waals surface area contributed by atoms with Gasteiger partial charge < -0.3 is 4.90 Å². The van der Waals surface area contributed by atoms with Gasteiger partial charge in [0.2, 0.25) is 0 Å². The van der Waals surface area contributed by atoms with Crippen LogP contribution < -0.4 is 0 Å². The van der Waals surface area contributed by atoms with Crippen LogP contribution in [-0.2, 0) is 6.42 Å². The third-order valence-corrected chi connectivity index (χ3v) is 4.25. The molecule has 0 saturated carbocycles. The minimum Gasteiger partial charge on any atom is -0.303 e. The minimum absolute atomic E-state index is 1.21. The molecule has 0 radical (unpaired) electrons. The maximum absolute atomic E-state index is 2.63. The Labute approximate surface area is 116 Å². The molecule has 2 aromatic rings. The largest absolute Gasteiger partial charge is 0.303 e. The van der Waals surface area contributed by atoms with Crippen molar-refractivity contribution in [3.8, 4) is 0 Å². The van der Waals surface area contributed by atoms with Crippen molar-refractivity contribution in [3.63, 3.8) is 0 Å². The van der Waals surface area contributed by atoms with Gasteiger partial charge in [-0.2, -0.15) is 0 Å². The Morgan fingerprint density at radius 1 is 0.842 bits per heavy atom. The second-order valence-electron chi connectivity index (χ2n) is 5.64. The second kappa shape index (κ2) is 6.21. The van der Waals surface area contributed by atoms with E-state index in [2.05, 4.69) is 47.4 Å². The first kappa shape index (κ1) is 12.7. The van der Waals surface area contributed by atoms with Crippen molar-refractivity contribution in [2.75, 3.05) is 19.6 Å². The van der Waals surface area contributed by atoms with Crippen LogP contribution in [0.15, 0.2) is 42.5 Å². The number of hydrogen-bond donors (Lipinski definition) is 0. The normalized spacial score (nSPS) is 16.8. The van der Waals surface area contributed by atoms with E-state index in [1.807, 2.05) is 0 Å². The van der Waals surface area contributed by atoms with Crippen LogP contribution >= 0.6 is 0 Å². The lowest BCUT2D eigenvalue weighted by atomic mass is 10.0. The molecule has 1 aliphatic heterocycles. The monoisotopic (exact) mass is 253 g/mol. The van der Waals surface area contributed by atoms with Crippen LogP contribution in [0.1, 0.15) is 31.2 Å². The number of piperidine rings is 1. The molecule has 0 atom stereocenters. The Morgan fingerprint density at radius 3 is 2.53 bits per heavy atom. The molecule has 3 rings (SSSR count). The minimum atomic E-state index is 1.21. The molecule has 2 aromatic carbocycles. The van der Waals surface area contributed by atoms with Crippen molar-refractivity contribution < 1.29 is 0 Å². The Hall–Kier alpha value is -1.34. The van der Waals surface area contributed by atoms with E-state index >= 15 is 0 Å². The molecule has 100 valence electrons. The number of rotatable bonds is 4. The lowest BCUT2D eigenvalue weighted by Crippen LogP contribution is -2.30. The molecule has 0 aliphatic carbocycles. The van der Waals surface area contributed by atoms with Crippen LogP contribution in [0.25, 0.3) is 10.8 Å². The van der Waals surface area contributed by atoms with Crippen LogP contribution in [0.4, 0.5) is 0 Å². The van der Waals surface area contributed by atoms with Gasteiger partial charge in [-0.25, -0.2) is 0 Å². The summed E-state index contributed by atoms with van der Waals surface area (Å²) in [5, 5.41) is 2.81. The van der Waals surface area contributed by atoms with Gasteiger partial charge in [0.15, 0.2) is 0 Å². The lowest BCUT2D eigenvalue weighted by molar-refractivity contribution is 0.226. The second-order valence-corrected chi connectivity index (χ2v) is 5.64. The van der Waals surface area contributed by atoms with Gasteiger partial charge in [-0.05, 0) is 61.7 Å². The molecule has 1 aliphatic rings. The van der Waals surface area contributed by atoms with Crippen molar-refractivity contribution in [2.45, 2.75) is 32.1 Å². The standard InChI is InChI=1S/C18H23N/c1-4-13-19(14-5-1)15-7-11-17-10-6-9-16-8-2-3-12-18(16)17/h2-3,6,8-10,12H,1,4-5,7,11,13-15H2. The van der Waals surface area contributed by atoms with Crippen LogP contribution in [-0.4, -0.2) is 24.5 Å². The summed E-state index contributed by atoms with van der Waals surface area (Å²) in [7, 11) is 0. The average molecular weight is 253 g/mol. The van der Waals surface area contributed by atoms with E-state index in [9.17, 15) is 0 Å². The first-order valence-corrected chi connectivity index (χ1v) is 7.62. The number of benzene rings is 2. The van der Waals surface area contributed by atoms with Crippen LogP contribution in [0.3, 0.4) is 0 Å². The molecule has 0 unspecified atom stereocenters. The molecule has 0 N–H and O–H groups in total. The summed E-state index contributed by atoms with van der Waals surface area (Å²) >= 11 is 0. The van der Waals surface area contributed by atoms with E-state index in [0.717, 1.165) is 0 Å². The summed E-state index contributed by atoms with van der Waals surface area (Å²) in [6, 6.07) is 15.4. The summed E-state index contributed by atoms with van der Waals surface area (Å²) in [6.07, 6.45) is 6.72. The van der Waals surface area contributed by atoms with Crippen molar-refractivity contribution in [1.82, 2.24) is 4.90 Å². The topological polar surface area (TPSA) is 3.24 Å². The maximum Gasteiger partial charge on any atom is -0.00156 e. The molecule has 0 spiro atoms. The molecule has 1 fully saturated rings. The molecule has 19 heavy (non-hydrogen) atoms. The van der Waals surface area contributed by atoms with Gasteiger partial charge in [0.1, 0.15) is 0 Å². The van der Waals surface area contributed by atoms with Crippen LogP contribution in [0.2, 0.25) is 0 Å². The molecule has 0 aromatic heterocycles. The molecule has 0 amide bonds. The molecular formula is C18H23N. The zero-order chi connectivity index (χ0) is 12.9. The predicted octanol–water partition coefficient (Wildman–Crippen LogP) is 4.26. The van der Waals surface area contributed by atoms with Gasteiger partial charge in [0.25, 0.3) is 0 Å². The lowest BCUT2D eigenvalue weighted by Gasteiger charge is -2.26. The zero-order valence-electron chi connectivity index (χ0n) is 11.6. The highest BCUT2D eigenvalue weighted by Crippen LogP contribution is 2.20. The first-order valence-electron chi connectivity index (χ1n) is 7.62. The number of likely N-dealkylation sites (tertiary alicyclic amines) is 1. The fourth-order valence-corrected chi connectivity index (χ4v) is 3.19. The highest BCUT2D eigenvalue weighted by molar-refractivity contribution is 5.85. The Bertz CT molecular complexity index is 521. The van der Waals surface area contributed by atoms with E-state index in [1.54, 1.807) is 0 Å². The SMILES string of the molecule is c1ccc2c(CCCN3CCCCC3)cccc2c1. The third kappa shape index (κ3) is 3.16. The van der Waals surface area contributed by atoms with Gasteiger partial charge in [-0.15, -0.1) is 0 Å². The molecule has 0 bridgehead atoms. The molecule has 1 heteroatoms. The number of aryl methyl sites for hydroxylation is 1. The quantitative estimate of drug-likeness (QED) is 0.787. The summed E-state index contributed by atoms with van der Waals surface area (Å²) < 4.78 is 0. The van der Waals surface area contributed by atoms with Gasteiger partial charge in [-0.3, -0.25) is 0 Å². The number of fused-ring (bicyclic) bond motifs is 1. The van der Waals surface area contributed by atoms with Crippen molar-refractivity contribution in [2.24, 2.45) is 0 Å². The van der Waals surface area contributed by atoms with Crippen LogP contribution in [0.5, 0.6) is 0 Å². The van der Waals surface area contributed by atoms with Gasteiger partial charge >= 0.3 is 0 Å². The fourth-order valence-electron chi connectivity index (χ4n) is 3.19. The maximum atomic E-state index is 2.63.